The smallest absolute Gasteiger partial charge is 0.251 e. The lowest BCUT2D eigenvalue weighted by Crippen LogP contribution is -2.13. The number of carbonyl (C=O) groups is 1. The van der Waals surface area contributed by atoms with Gasteiger partial charge in [0.05, 0.1) is 12.2 Å². The van der Waals surface area contributed by atoms with Gasteiger partial charge in [-0.1, -0.05) is 32.1 Å². The van der Waals surface area contributed by atoms with Gasteiger partial charge in [0.25, 0.3) is 5.91 Å². The van der Waals surface area contributed by atoms with Gasteiger partial charge in [0, 0.05) is 6.42 Å². The molecule has 0 fully saturated rings. The zero-order valence-electron chi connectivity index (χ0n) is 12.9. The largest absolute Gasteiger partial charge is 0.494 e. The summed E-state index contributed by atoms with van der Waals surface area (Å²) in [7, 11) is 0. The zero-order valence-corrected chi connectivity index (χ0v) is 12.9. The topological polar surface area (TPSA) is 52.3 Å². The van der Waals surface area contributed by atoms with Crippen molar-refractivity contribution >= 4 is 5.91 Å². The number of unbranched alkanes of at least 4 members (excludes halogenated alkanes) is 7. The Morgan fingerprint density at radius 1 is 1.14 bits per heavy atom. The Labute approximate surface area is 132 Å². The highest BCUT2D eigenvalue weighted by molar-refractivity contribution is 5.93. The molecule has 0 aliphatic rings. The fraction of sp³-hybridized carbons (Fsp3) is 0.500. The van der Waals surface area contributed by atoms with E-state index in [9.17, 15) is 9.18 Å². The minimum absolute atomic E-state index is 0.135. The van der Waals surface area contributed by atoms with E-state index in [-0.39, 0.29) is 5.56 Å². The van der Waals surface area contributed by atoms with Gasteiger partial charge in [0.2, 0.25) is 0 Å². The number of primary amides is 1. The number of ether oxygens (including phenoxy) is 1. The first kappa shape index (κ1) is 18.0. The van der Waals surface area contributed by atoms with E-state index in [0.29, 0.717) is 12.4 Å². The van der Waals surface area contributed by atoms with Crippen LogP contribution in [0.25, 0.3) is 0 Å². The maximum Gasteiger partial charge on any atom is 0.251 e. The first-order chi connectivity index (χ1) is 10.6. The number of amides is 1. The van der Waals surface area contributed by atoms with Gasteiger partial charge in [-0.05, 0) is 31.0 Å². The Kier molecular flexibility index (Phi) is 8.74. The Hall–Kier alpha value is -2.02. The zero-order chi connectivity index (χ0) is 16.2. The third kappa shape index (κ3) is 7.12. The quantitative estimate of drug-likeness (QED) is 0.495. The molecule has 1 rings (SSSR count). The molecule has 0 radical (unpaired) electrons. The molecule has 0 heterocycles. The van der Waals surface area contributed by atoms with Gasteiger partial charge in [0.1, 0.15) is 11.6 Å². The number of carbonyl (C=O) groups excluding carboxylic acids is 1. The lowest BCUT2D eigenvalue weighted by Gasteiger charge is -2.07. The molecule has 0 saturated carbocycles. The molecular weight excluding hydrogens is 281 g/mol. The second-order valence-electron chi connectivity index (χ2n) is 5.28. The van der Waals surface area contributed by atoms with Crippen molar-refractivity contribution in [3.8, 4) is 18.1 Å². The van der Waals surface area contributed by atoms with Crippen LogP contribution < -0.4 is 10.5 Å². The molecule has 4 heteroatoms. The molecule has 0 aromatic heterocycles. The van der Waals surface area contributed by atoms with Gasteiger partial charge in [-0.2, -0.15) is 0 Å². The summed E-state index contributed by atoms with van der Waals surface area (Å²) < 4.78 is 18.8. The molecule has 0 aliphatic heterocycles. The molecule has 0 saturated heterocycles. The van der Waals surface area contributed by atoms with Crippen molar-refractivity contribution in [3.05, 3.63) is 29.6 Å². The molecule has 0 bridgehead atoms. The van der Waals surface area contributed by atoms with Crippen LogP contribution in [-0.4, -0.2) is 12.5 Å². The number of terminal acetylenes is 1. The molecular formula is C18H24FNO2. The predicted molar refractivity (Wildman–Crippen MR) is 86.2 cm³/mol. The van der Waals surface area contributed by atoms with E-state index < -0.39 is 11.7 Å². The minimum atomic E-state index is -0.784. The summed E-state index contributed by atoms with van der Waals surface area (Å²) in [5.41, 5.74) is 4.96. The first-order valence-corrected chi connectivity index (χ1v) is 7.80. The van der Waals surface area contributed by atoms with Crippen molar-refractivity contribution in [1.29, 1.82) is 0 Å². The molecule has 0 unspecified atom stereocenters. The summed E-state index contributed by atoms with van der Waals surface area (Å²) in [5.74, 6) is 1.72. The third-order valence-electron chi connectivity index (χ3n) is 3.44. The molecule has 1 aromatic carbocycles. The number of hydrogen-bond donors (Lipinski definition) is 1. The van der Waals surface area contributed by atoms with Gasteiger partial charge < -0.3 is 10.5 Å². The number of halogens is 1. The predicted octanol–water partition coefficient (Wildman–Crippen LogP) is 4.06. The van der Waals surface area contributed by atoms with E-state index in [4.69, 9.17) is 16.9 Å². The summed E-state index contributed by atoms with van der Waals surface area (Å²) in [6.07, 6.45) is 14.0. The molecule has 3 nitrogen and oxygen atoms in total. The van der Waals surface area contributed by atoms with Crippen LogP contribution in [0.4, 0.5) is 4.39 Å². The maximum atomic E-state index is 13.3. The summed E-state index contributed by atoms with van der Waals surface area (Å²) >= 11 is 0. The molecule has 120 valence electrons. The summed E-state index contributed by atoms with van der Waals surface area (Å²) in [6.45, 7) is 0.556. The molecule has 0 atom stereocenters. The van der Waals surface area contributed by atoms with Crippen molar-refractivity contribution in [1.82, 2.24) is 0 Å². The molecule has 22 heavy (non-hydrogen) atoms. The van der Waals surface area contributed by atoms with Crippen molar-refractivity contribution in [2.45, 2.75) is 51.4 Å². The van der Waals surface area contributed by atoms with E-state index in [2.05, 4.69) is 5.92 Å². The van der Waals surface area contributed by atoms with Crippen LogP contribution in [0.1, 0.15) is 61.7 Å². The fourth-order valence-electron chi connectivity index (χ4n) is 2.19. The Morgan fingerprint density at radius 2 is 1.77 bits per heavy atom. The van der Waals surface area contributed by atoms with Gasteiger partial charge in [-0.3, -0.25) is 4.79 Å². The van der Waals surface area contributed by atoms with E-state index in [1.54, 1.807) is 0 Å². The maximum absolute atomic E-state index is 13.3. The van der Waals surface area contributed by atoms with Crippen molar-refractivity contribution in [3.63, 3.8) is 0 Å². The second kappa shape index (κ2) is 10.7. The van der Waals surface area contributed by atoms with Crippen LogP contribution in [0.15, 0.2) is 18.2 Å². The van der Waals surface area contributed by atoms with Crippen LogP contribution in [0, 0.1) is 18.2 Å². The Bertz CT molecular complexity index is 508. The highest BCUT2D eigenvalue weighted by atomic mass is 19.1. The second-order valence-corrected chi connectivity index (χ2v) is 5.28. The molecule has 0 aliphatic carbocycles. The van der Waals surface area contributed by atoms with Crippen LogP contribution in [0.2, 0.25) is 0 Å². The fourth-order valence-corrected chi connectivity index (χ4v) is 2.19. The summed E-state index contributed by atoms with van der Waals surface area (Å²) in [5, 5.41) is 0. The SMILES string of the molecule is C#CCCCCCCCCCOc1ccc(F)c(C(N)=O)c1. The number of rotatable bonds is 11. The molecule has 1 amide bonds. The molecule has 2 N–H and O–H groups in total. The lowest BCUT2D eigenvalue weighted by molar-refractivity contribution is 0.0996. The minimum Gasteiger partial charge on any atom is -0.494 e. The van der Waals surface area contributed by atoms with Gasteiger partial charge in [-0.25, -0.2) is 4.39 Å². The molecule has 1 aromatic rings. The standard InChI is InChI=1S/C18H24FNO2/c1-2-3-4-5-6-7-8-9-10-13-22-15-11-12-17(19)16(14-15)18(20)21/h1,11-12,14H,3-10,13H2,(H2,20,21). The molecule has 0 spiro atoms. The average molecular weight is 305 g/mol. The van der Waals surface area contributed by atoms with E-state index in [0.717, 1.165) is 25.7 Å². The van der Waals surface area contributed by atoms with E-state index in [1.807, 2.05) is 0 Å². The third-order valence-corrected chi connectivity index (χ3v) is 3.44. The normalized spacial score (nSPS) is 10.2. The Balaban J connectivity index is 2.11. The van der Waals surface area contributed by atoms with Crippen molar-refractivity contribution in [2.75, 3.05) is 6.61 Å². The van der Waals surface area contributed by atoms with Gasteiger partial charge >= 0.3 is 0 Å². The summed E-state index contributed by atoms with van der Waals surface area (Å²) in [6, 6.07) is 4.06. The van der Waals surface area contributed by atoms with E-state index in [1.165, 1.54) is 43.9 Å². The summed E-state index contributed by atoms with van der Waals surface area (Å²) in [4.78, 5) is 11.0. The number of hydrogen-bond acceptors (Lipinski definition) is 2. The monoisotopic (exact) mass is 305 g/mol. The van der Waals surface area contributed by atoms with Crippen LogP contribution >= 0.6 is 0 Å². The van der Waals surface area contributed by atoms with Crippen LogP contribution in [0.3, 0.4) is 0 Å². The average Bonchev–Trinajstić information content (AvgIpc) is 2.50. The Morgan fingerprint density at radius 3 is 2.41 bits per heavy atom. The van der Waals surface area contributed by atoms with Crippen molar-refractivity contribution in [2.24, 2.45) is 5.73 Å². The number of benzene rings is 1. The highest BCUT2D eigenvalue weighted by Gasteiger charge is 2.09. The lowest BCUT2D eigenvalue weighted by atomic mass is 10.1. The van der Waals surface area contributed by atoms with Gasteiger partial charge in [0.15, 0.2) is 0 Å². The van der Waals surface area contributed by atoms with Crippen LogP contribution in [-0.2, 0) is 0 Å². The first-order valence-electron chi connectivity index (χ1n) is 7.80. The van der Waals surface area contributed by atoms with Crippen molar-refractivity contribution < 1.29 is 13.9 Å². The van der Waals surface area contributed by atoms with E-state index >= 15 is 0 Å². The number of nitrogens with two attached hydrogens (primary N) is 1. The van der Waals surface area contributed by atoms with Crippen LogP contribution in [0.5, 0.6) is 5.75 Å². The van der Waals surface area contributed by atoms with Gasteiger partial charge in [-0.15, -0.1) is 12.3 Å². The highest BCUT2D eigenvalue weighted by Crippen LogP contribution is 2.17.